The number of imidazole rings is 1. The molecular weight excluding hydrogens is 340 g/mol. The van der Waals surface area contributed by atoms with Crippen molar-refractivity contribution in [3.8, 4) is 0 Å². The Morgan fingerprint density at radius 1 is 1.07 bits per heavy atom. The van der Waals surface area contributed by atoms with E-state index < -0.39 is 5.91 Å². The van der Waals surface area contributed by atoms with Crippen LogP contribution in [0.5, 0.6) is 0 Å². The Hall–Kier alpha value is -3.41. The number of aromatic nitrogens is 2. The highest BCUT2D eigenvalue weighted by Crippen LogP contribution is 2.16. The van der Waals surface area contributed by atoms with Crippen molar-refractivity contribution < 1.29 is 9.59 Å². The van der Waals surface area contributed by atoms with E-state index in [0.29, 0.717) is 6.42 Å². The summed E-state index contributed by atoms with van der Waals surface area (Å²) in [6.45, 7) is 4.09. The van der Waals surface area contributed by atoms with Crippen LogP contribution < -0.4 is 10.9 Å². The average molecular weight is 362 g/mol. The molecule has 1 aromatic heterocycles. The molecule has 1 heterocycles. The second-order valence-corrected chi connectivity index (χ2v) is 6.24. The molecule has 27 heavy (non-hydrogen) atoms. The van der Waals surface area contributed by atoms with Gasteiger partial charge in [-0.2, -0.15) is 0 Å². The minimum atomic E-state index is -0.393. The third kappa shape index (κ3) is 4.61. The van der Waals surface area contributed by atoms with Gasteiger partial charge in [0.15, 0.2) is 0 Å². The van der Waals surface area contributed by atoms with E-state index in [4.69, 9.17) is 0 Å². The Bertz CT molecular complexity index is 987. The molecule has 2 aromatic carbocycles. The van der Waals surface area contributed by atoms with Crippen LogP contribution in [0.4, 0.5) is 0 Å². The van der Waals surface area contributed by atoms with Crippen molar-refractivity contribution in [1.82, 2.24) is 20.4 Å². The molecule has 0 saturated heterocycles. The van der Waals surface area contributed by atoms with Gasteiger partial charge in [-0.3, -0.25) is 20.4 Å². The van der Waals surface area contributed by atoms with E-state index in [0.717, 1.165) is 28.0 Å². The van der Waals surface area contributed by atoms with Crippen molar-refractivity contribution in [3.05, 3.63) is 71.6 Å². The van der Waals surface area contributed by atoms with Crippen molar-refractivity contribution in [2.24, 2.45) is 0 Å². The molecule has 6 heteroatoms. The second-order valence-electron chi connectivity index (χ2n) is 6.24. The number of carbonyl (C=O) groups is 2. The molecule has 0 aliphatic heterocycles. The molecule has 6 nitrogen and oxygen atoms in total. The molecule has 0 fully saturated rings. The summed E-state index contributed by atoms with van der Waals surface area (Å²) in [5.41, 5.74) is 8.67. The molecule has 0 spiro atoms. The topological polar surface area (TPSA) is 76.0 Å². The Labute approximate surface area is 157 Å². The van der Waals surface area contributed by atoms with Crippen molar-refractivity contribution in [2.75, 3.05) is 0 Å². The zero-order chi connectivity index (χ0) is 19.2. The molecule has 0 saturated carbocycles. The molecule has 2 N–H and O–H groups in total. The van der Waals surface area contributed by atoms with E-state index >= 15 is 0 Å². The molecule has 0 aliphatic rings. The number of aryl methyl sites for hydroxylation is 2. The molecule has 0 aliphatic carbocycles. The molecular formula is C21H22N4O2. The van der Waals surface area contributed by atoms with Gasteiger partial charge in [0.1, 0.15) is 12.4 Å². The van der Waals surface area contributed by atoms with E-state index in [1.54, 1.807) is 6.08 Å². The van der Waals surface area contributed by atoms with Gasteiger partial charge in [0.25, 0.3) is 11.8 Å². The molecule has 0 unspecified atom stereocenters. The lowest BCUT2D eigenvalue weighted by atomic mass is 10.1. The monoisotopic (exact) mass is 362 g/mol. The Morgan fingerprint density at radius 2 is 1.81 bits per heavy atom. The number of nitrogens with one attached hydrogen (secondary N) is 2. The molecule has 3 rings (SSSR count). The molecule has 0 bridgehead atoms. The standard InChI is InChI=1S/C21H22N4O2/c1-3-19-22-17-6-4-5-7-18(17)25(19)14-21(27)24-23-20(26)13-12-16-10-8-15(2)9-11-16/h4-13H,3,14H2,1-2H3,(H,23,26)(H,24,27)/b13-12+. The molecule has 138 valence electrons. The summed E-state index contributed by atoms with van der Waals surface area (Å²) in [5, 5.41) is 0. The molecule has 3 aromatic rings. The smallest absolute Gasteiger partial charge is 0.262 e. The second kappa shape index (κ2) is 8.31. The first-order chi connectivity index (χ1) is 13.1. The Morgan fingerprint density at radius 3 is 2.56 bits per heavy atom. The SMILES string of the molecule is CCc1nc2ccccc2n1CC(=O)NNC(=O)/C=C/c1ccc(C)cc1. The highest BCUT2D eigenvalue weighted by Gasteiger charge is 2.12. The van der Waals surface area contributed by atoms with E-state index in [1.165, 1.54) is 6.08 Å². The number of nitrogens with zero attached hydrogens (tertiary/aromatic N) is 2. The summed E-state index contributed by atoms with van der Waals surface area (Å²) in [7, 11) is 0. The van der Waals surface area contributed by atoms with Crippen LogP contribution in [0, 0.1) is 6.92 Å². The summed E-state index contributed by atoms with van der Waals surface area (Å²) in [6, 6.07) is 15.5. The van der Waals surface area contributed by atoms with Crippen LogP contribution in [-0.2, 0) is 22.6 Å². The van der Waals surface area contributed by atoms with Gasteiger partial charge in [0, 0.05) is 12.5 Å². The Balaban J connectivity index is 1.58. The van der Waals surface area contributed by atoms with Crippen molar-refractivity contribution in [2.45, 2.75) is 26.8 Å². The van der Waals surface area contributed by atoms with Crippen molar-refractivity contribution in [3.63, 3.8) is 0 Å². The maximum absolute atomic E-state index is 12.2. The van der Waals surface area contributed by atoms with Crippen molar-refractivity contribution in [1.29, 1.82) is 0 Å². The van der Waals surface area contributed by atoms with Gasteiger partial charge < -0.3 is 4.57 Å². The number of rotatable bonds is 5. The van der Waals surface area contributed by atoms with Crippen LogP contribution in [-0.4, -0.2) is 21.4 Å². The third-order valence-electron chi connectivity index (χ3n) is 4.18. The fraction of sp³-hybridized carbons (Fsp3) is 0.190. The van der Waals surface area contributed by atoms with Crippen LogP contribution in [0.15, 0.2) is 54.6 Å². The van der Waals surface area contributed by atoms with E-state index in [9.17, 15) is 9.59 Å². The van der Waals surface area contributed by atoms with Gasteiger partial charge in [-0.15, -0.1) is 0 Å². The first-order valence-electron chi connectivity index (χ1n) is 8.84. The number of hydrogen-bond donors (Lipinski definition) is 2. The number of hydrazine groups is 1. The molecule has 0 radical (unpaired) electrons. The maximum atomic E-state index is 12.2. The van der Waals surface area contributed by atoms with Crippen LogP contribution in [0.3, 0.4) is 0 Å². The van der Waals surface area contributed by atoms with Crippen LogP contribution >= 0.6 is 0 Å². The van der Waals surface area contributed by atoms with Gasteiger partial charge in [0.05, 0.1) is 11.0 Å². The third-order valence-corrected chi connectivity index (χ3v) is 4.18. The fourth-order valence-corrected chi connectivity index (χ4v) is 2.78. The lowest BCUT2D eigenvalue weighted by molar-refractivity contribution is -0.127. The number of carbonyl (C=O) groups excluding carboxylic acids is 2. The first-order valence-corrected chi connectivity index (χ1v) is 8.84. The fourth-order valence-electron chi connectivity index (χ4n) is 2.78. The first kappa shape index (κ1) is 18.4. The van der Waals surface area contributed by atoms with Crippen molar-refractivity contribution >= 4 is 28.9 Å². The predicted octanol–water partition coefficient (Wildman–Crippen LogP) is 2.77. The van der Waals surface area contributed by atoms with Gasteiger partial charge in [-0.25, -0.2) is 4.98 Å². The normalized spacial score (nSPS) is 11.0. The molecule has 2 amide bonds. The maximum Gasteiger partial charge on any atom is 0.262 e. The van der Waals surface area contributed by atoms with Gasteiger partial charge >= 0.3 is 0 Å². The minimum Gasteiger partial charge on any atom is -0.318 e. The number of para-hydroxylation sites is 2. The zero-order valence-electron chi connectivity index (χ0n) is 15.4. The Kier molecular flexibility index (Phi) is 5.66. The van der Waals surface area contributed by atoms with E-state index in [2.05, 4.69) is 15.8 Å². The molecule has 0 atom stereocenters. The van der Waals surface area contributed by atoms with Gasteiger partial charge in [-0.1, -0.05) is 48.9 Å². The van der Waals surface area contributed by atoms with Crippen LogP contribution in [0.25, 0.3) is 17.1 Å². The quantitative estimate of drug-likeness (QED) is 0.541. The number of benzene rings is 2. The lowest BCUT2D eigenvalue weighted by Gasteiger charge is -2.09. The number of fused-ring (bicyclic) bond motifs is 1. The van der Waals surface area contributed by atoms with Gasteiger partial charge in [0.2, 0.25) is 0 Å². The summed E-state index contributed by atoms with van der Waals surface area (Å²) in [5.74, 6) is 0.122. The van der Waals surface area contributed by atoms with Crippen LogP contribution in [0.2, 0.25) is 0 Å². The number of amides is 2. The van der Waals surface area contributed by atoms with E-state index in [1.807, 2.05) is 66.9 Å². The van der Waals surface area contributed by atoms with Gasteiger partial charge in [-0.05, 0) is 30.7 Å². The highest BCUT2D eigenvalue weighted by atomic mass is 16.2. The largest absolute Gasteiger partial charge is 0.318 e. The minimum absolute atomic E-state index is 0.0889. The summed E-state index contributed by atoms with van der Waals surface area (Å²) < 4.78 is 1.86. The highest BCUT2D eigenvalue weighted by molar-refractivity contribution is 5.93. The van der Waals surface area contributed by atoms with E-state index in [-0.39, 0.29) is 12.5 Å². The summed E-state index contributed by atoms with van der Waals surface area (Å²) >= 11 is 0. The average Bonchev–Trinajstić information content (AvgIpc) is 3.03. The zero-order valence-corrected chi connectivity index (χ0v) is 15.4. The van der Waals surface area contributed by atoms with Crippen LogP contribution in [0.1, 0.15) is 23.9 Å². The lowest BCUT2D eigenvalue weighted by Crippen LogP contribution is -2.42. The predicted molar refractivity (Wildman–Crippen MR) is 106 cm³/mol. The summed E-state index contributed by atoms with van der Waals surface area (Å²) in [4.78, 5) is 28.7. The summed E-state index contributed by atoms with van der Waals surface area (Å²) in [6.07, 6.45) is 3.79. The number of hydrogen-bond acceptors (Lipinski definition) is 3.